The van der Waals surface area contributed by atoms with E-state index >= 15 is 0 Å². The van der Waals surface area contributed by atoms with Gasteiger partial charge in [-0.3, -0.25) is 0 Å². The van der Waals surface area contributed by atoms with Crippen LogP contribution in [0.5, 0.6) is 5.88 Å². The highest BCUT2D eigenvalue weighted by atomic mass is 32.2. The van der Waals surface area contributed by atoms with Gasteiger partial charge in [-0.05, 0) is 62.8 Å². The maximum atomic E-state index is 12.4. The van der Waals surface area contributed by atoms with Crippen molar-refractivity contribution < 1.29 is 22.7 Å². The first-order valence-corrected chi connectivity index (χ1v) is 14.7. The van der Waals surface area contributed by atoms with Crippen molar-refractivity contribution in [2.75, 3.05) is 11.6 Å². The number of aromatic nitrogens is 3. The van der Waals surface area contributed by atoms with Crippen LogP contribution in [0, 0.1) is 0 Å². The van der Waals surface area contributed by atoms with Crippen LogP contribution in [0.1, 0.15) is 68.1 Å². The predicted molar refractivity (Wildman–Crippen MR) is 142 cm³/mol. The van der Waals surface area contributed by atoms with Gasteiger partial charge in [0.05, 0.1) is 27.3 Å². The molecular weight excluding hydrogens is 506 g/mol. The molecule has 200 valence electrons. The number of sulfone groups is 1. The highest BCUT2D eigenvalue weighted by molar-refractivity contribution is 7.91. The number of pyridine rings is 3. The molecule has 0 bridgehead atoms. The van der Waals surface area contributed by atoms with Gasteiger partial charge in [0.25, 0.3) is 0 Å². The molecule has 0 amide bonds. The average molecular weight is 538 g/mol. The van der Waals surface area contributed by atoms with Gasteiger partial charge in [0.1, 0.15) is 23.8 Å². The average Bonchev–Trinajstić information content (AvgIpc) is 3.60. The van der Waals surface area contributed by atoms with Crippen LogP contribution < -0.4 is 15.8 Å². The van der Waals surface area contributed by atoms with Crippen molar-refractivity contribution in [3.05, 3.63) is 47.4 Å². The second-order valence-electron chi connectivity index (χ2n) is 11.4. The Morgan fingerprint density at radius 1 is 1.13 bits per heavy atom. The van der Waals surface area contributed by atoms with Gasteiger partial charge in [-0.25, -0.2) is 28.2 Å². The monoisotopic (exact) mass is 537 g/mol. The molecule has 3 aromatic rings. The molecule has 1 aliphatic heterocycles. The van der Waals surface area contributed by atoms with E-state index in [1.165, 1.54) is 6.26 Å². The van der Waals surface area contributed by atoms with Crippen molar-refractivity contribution in [2.24, 2.45) is 5.73 Å². The molecule has 0 unspecified atom stereocenters. The molecule has 3 aromatic heterocycles. The van der Waals surface area contributed by atoms with Crippen LogP contribution >= 0.6 is 0 Å². The summed E-state index contributed by atoms with van der Waals surface area (Å²) < 4.78 is 35.2. The Morgan fingerprint density at radius 2 is 1.87 bits per heavy atom. The number of carbonyl (C=O) groups excluding carboxylic acids is 1. The van der Waals surface area contributed by atoms with E-state index in [9.17, 15) is 13.2 Å². The van der Waals surface area contributed by atoms with Crippen LogP contribution in [0.25, 0.3) is 10.8 Å². The van der Waals surface area contributed by atoms with Crippen LogP contribution in [0.2, 0.25) is 0 Å². The molecule has 6 rings (SSSR count). The molecule has 3 aliphatic rings. The second kappa shape index (κ2) is 8.34. The number of hydrogen-bond acceptors (Lipinski definition) is 10. The van der Waals surface area contributed by atoms with E-state index in [1.807, 2.05) is 26.8 Å². The third-order valence-electron chi connectivity index (χ3n) is 8.06. The highest BCUT2D eigenvalue weighted by Gasteiger charge is 2.56. The number of anilines is 2. The first-order valence-electron chi connectivity index (χ1n) is 12.8. The molecule has 2 aliphatic carbocycles. The van der Waals surface area contributed by atoms with Gasteiger partial charge in [0, 0.05) is 37.0 Å². The van der Waals surface area contributed by atoms with E-state index in [0.29, 0.717) is 41.3 Å². The quantitative estimate of drug-likeness (QED) is 0.448. The molecule has 1 atom stereocenters. The van der Waals surface area contributed by atoms with Crippen LogP contribution in [-0.4, -0.2) is 53.1 Å². The number of fused-ring (bicyclic) bond motifs is 3. The maximum absolute atomic E-state index is 12.4. The lowest BCUT2D eigenvalue weighted by atomic mass is 9.89. The summed E-state index contributed by atoms with van der Waals surface area (Å²) in [6, 6.07) is 5.40. The first kappa shape index (κ1) is 25.0. The fraction of sp³-hybridized carbons (Fsp3) is 0.481. The summed E-state index contributed by atoms with van der Waals surface area (Å²) in [5.74, 6) is 1.21. The first-order chi connectivity index (χ1) is 17.8. The highest BCUT2D eigenvalue weighted by Crippen LogP contribution is 2.54. The fourth-order valence-corrected chi connectivity index (χ4v) is 6.55. The molecule has 38 heavy (non-hydrogen) atoms. The Morgan fingerprint density at radius 3 is 2.53 bits per heavy atom. The number of nitrogens with one attached hydrogen (secondary N) is 1. The van der Waals surface area contributed by atoms with E-state index in [2.05, 4.69) is 15.3 Å². The molecule has 0 saturated heterocycles. The molecule has 0 aromatic carbocycles. The summed E-state index contributed by atoms with van der Waals surface area (Å²) in [6.45, 7) is 5.73. The lowest BCUT2D eigenvalue weighted by molar-refractivity contribution is 0.0183. The van der Waals surface area contributed by atoms with E-state index in [-0.39, 0.29) is 28.8 Å². The third-order valence-corrected chi connectivity index (χ3v) is 9.65. The Balaban J connectivity index is 1.32. The zero-order valence-electron chi connectivity index (χ0n) is 21.8. The Labute approximate surface area is 221 Å². The number of nitrogens with zero attached hydrogens (tertiary/aromatic N) is 3. The van der Waals surface area contributed by atoms with Crippen LogP contribution in [-0.2, 0) is 25.5 Å². The summed E-state index contributed by atoms with van der Waals surface area (Å²) in [4.78, 5) is 26.3. The van der Waals surface area contributed by atoms with Gasteiger partial charge in [0.2, 0.25) is 5.88 Å². The number of rotatable bonds is 6. The molecule has 1 spiro atoms. The van der Waals surface area contributed by atoms with Gasteiger partial charge >= 0.3 is 5.97 Å². The molecule has 11 heteroatoms. The van der Waals surface area contributed by atoms with Gasteiger partial charge < -0.3 is 20.5 Å². The largest absolute Gasteiger partial charge is 0.474 e. The van der Waals surface area contributed by atoms with Crippen molar-refractivity contribution in [3.63, 3.8) is 0 Å². The normalized spacial score (nSPS) is 23.9. The smallest absolute Gasteiger partial charge is 0.340 e. The van der Waals surface area contributed by atoms with Crippen molar-refractivity contribution in [1.82, 2.24) is 15.0 Å². The van der Waals surface area contributed by atoms with E-state index in [1.54, 1.807) is 24.5 Å². The van der Waals surface area contributed by atoms with E-state index in [0.717, 1.165) is 29.5 Å². The van der Waals surface area contributed by atoms with Gasteiger partial charge in [-0.1, -0.05) is 0 Å². The summed E-state index contributed by atoms with van der Waals surface area (Å²) in [6.07, 6.45) is 6.99. The van der Waals surface area contributed by atoms with Crippen molar-refractivity contribution in [3.8, 4) is 5.88 Å². The minimum Gasteiger partial charge on any atom is -0.474 e. The molecule has 0 radical (unpaired) electrons. The van der Waals surface area contributed by atoms with Crippen molar-refractivity contribution in [2.45, 2.75) is 74.9 Å². The number of nitrogens with two attached hydrogens (primary N) is 1. The lowest BCUT2D eigenvalue weighted by Crippen LogP contribution is -2.42. The zero-order chi connectivity index (χ0) is 27.0. The van der Waals surface area contributed by atoms with Gasteiger partial charge in [0.15, 0.2) is 9.84 Å². The molecular formula is C27H31N5O5S. The molecule has 2 saturated carbocycles. The number of hydrogen-bond donors (Lipinski definition) is 2. The fourth-order valence-electron chi connectivity index (χ4n) is 5.42. The SMILES string of the molecule is C[C@@H]1OC(=O)c2ccc(Nc3cc4c(C(C)(C)N)cnc(O[C@H]5C[C@@H](S(C)(=O)=O)C5)c4cn3)nc2C12CC2. The van der Waals surface area contributed by atoms with Crippen LogP contribution in [0.15, 0.2) is 30.6 Å². The standard InChI is InChI=1S/C27H31N5O5S/c1-14-27(7-8-27)23-17(25(33)36-14)5-6-21(32-23)31-22-11-18-19(12-29-22)24(30-13-20(18)26(2,3)28)37-15-9-16(10-15)38(4,34)35/h5-6,11-16H,7-10,28H2,1-4H3,(H,29,31,32)/t14-,15-,16+/m0/s1. The molecule has 2 fully saturated rings. The number of carbonyl (C=O) groups is 1. The van der Waals surface area contributed by atoms with Gasteiger partial charge in [-0.15, -0.1) is 0 Å². The third kappa shape index (κ3) is 4.17. The van der Waals surface area contributed by atoms with Crippen molar-refractivity contribution in [1.29, 1.82) is 0 Å². The zero-order valence-corrected chi connectivity index (χ0v) is 22.6. The summed E-state index contributed by atoms with van der Waals surface area (Å²) >= 11 is 0. The molecule has 3 N–H and O–H groups in total. The maximum Gasteiger partial charge on any atom is 0.340 e. The summed E-state index contributed by atoms with van der Waals surface area (Å²) in [7, 11) is -3.08. The number of esters is 1. The summed E-state index contributed by atoms with van der Waals surface area (Å²) in [5.41, 5.74) is 7.71. The van der Waals surface area contributed by atoms with E-state index in [4.69, 9.17) is 20.2 Å². The van der Waals surface area contributed by atoms with Gasteiger partial charge in [-0.2, -0.15) is 0 Å². The lowest BCUT2D eigenvalue weighted by Gasteiger charge is -2.34. The summed E-state index contributed by atoms with van der Waals surface area (Å²) in [5, 5.41) is 4.43. The van der Waals surface area contributed by atoms with E-state index < -0.39 is 15.4 Å². The minimum atomic E-state index is -3.08. The second-order valence-corrected chi connectivity index (χ2v) is 13.7. The van der Waals surface area contributed by atoms with Crippen LogP contribution in [0.4, 0.5) is 11.6 Å². The minimum absolute atomic E-state index is 0.201. The Kier molecular flexibility index (Phi) is 5.49. The Bertz CT molecular complexity index is 1570. The number of ether oxygens (including phenoxy) is 2. The van der Waals surface area contributed by atoms with Crippen molar-refractivity contribution >= 4 is 38.2 Å². The van der Waals surface area contributed by atoms with Crippen LogP contribution in [0.3, 0.4) is 0 Å². The molecule has 4 heterocycles. The molecule has 10 nitrogen and oxygen atoms in total. The topological polar surface area (TPSA) is 146 Å². The Hall–Kier alpha value is -3.31. The predicted octanol–water partition coefficient (Wildman–Crippen LogP) is 3.51. The number of cyclic esters (lactones) is 1.